The number of halogens is 3. The van der Waals surface area contributed by atoms with Crippen molar-refractivity contribution < 1.29 is 32.6 Å². The van der Waals surface area contributed by atoms with Crippen molar-refractivity contribution in [3.05, 3.63) is 65.2 Å². The standard InChI is InChI=1S/C22H24F3N3O4/c1-2-26-21(31)27-17-9-5-15(6-10-17)20(30)18-12-32-13-19(29)28(18)11-14-3-7-16(8-4-14)22(23,24)25/h3-10,18,20,30H,2,11-13H2,1H3,(H2,26,27,31)/t18-,20-/m1/s1. The van der Waals surface area contributed by atoms with Gasteiger partial charge in [-0.1, -0.05) is 24.3 Å². The number of amides is 3. The highest BCUT2D eigenvalue weighted by atomic mass is 19.4. The molecule has 1 aliphatic rings. The summed E-state index contributed by atoms with van der Waals surface area (Å²) in [5, 5.41) is 16.2. The fourth-order valence-corrected chi connectivity index (χ4v) is 3.41. The van der Waals surface area contributed by atoms with Gasteiger partial charge in [0.15, 0.2) is 0 Å². The first-order valence-electron chi connectivity index (χ1n) is 10.0. The molecule has 3 amide bonds. The Balaban J connectivity index is 1.73. The van der Waals surface area contributed by atoms with Gasteiger partial charge in [0, 0.05) is 18.8 Å². The molecule has 2 aromatic rings. The number of alkyl halides is 3. The number of morpholine rings is 1. The zero-order valence-electron chi connectivity index (χ0n) is 17.4. The lowest BCUT2D eigenvalue weighted by atomic mass is 9.99. The third-order valence-corrected chi connectivity index (χ3v) is 5.08. The number of carbonyl (C=O) groups excluding carboxylic acids is 2. The fourth-order valence-electron chi connectivity index (χ4n) is 3.41. The molecule has 3 rings (SSSR count). The normalized spacial score (nSPS) is 17.7. The van der Waals surface area contributed by atoms with E-state index in [4.69, 9.17) is 4.74 Å². The summed E-state index contributed by atoms with van der Waals surface area (Å²) in [4.78, 5) is 25.5. The van der Waals surface area contributed by atoms with Crippen LogP contribution in [0.2, 0.25) is 0 Å². The minimum Gasteiger partial charge on any atom is -0.386 e. The number of benzene rings is 2. The predicted molar refractivity (Wildman–Crippen MR) is 111 cm³/mol. The van der Waals surface area contributed by atoms with Gasteiger partial charge in [-0.2, -0.15) is 13.2 Å². The molecular weight excluding hydrogens is 427 g/mol. The summed E-state index contributed by atoms with van der Waals surface area (Å²) in [6.07, 6.45) is -5.53. The van der Waals surface area contributed by atoms with E-state index >= 15 is 0 Å². The first-order valence-corrected chi connectivity index (χ1v) is 10.0. The summed E-state index contributed by atoms with van der Waals surface area (Å²) >= 11 is 0. The van der Waals surface area contributed by atoms with E-state index in [1.54, 1.807) is 31.2 Å². The molecule has 32 heavy (non-hydrogen) atoms. The highest BCUT2D eigenvalue weighted by molar-refractivity contribution is 5.89. The lowest BCUT2D eigenvalue weighted by Crippen LogP contribution is -2.51. The van der Waals surface area contributed by atoms with Crippen molar-refractivity contribution in [2.45, 2.75) is 31.8 Å². The fraction of sp³-hybridized carbons (Fsp3) is 0.364. The zero-order chi connectivity index (χ0) is 23.3. The van der Waals surface area contributed by atoms with Crippen molar-refractivity contribution in [3.63, 3.8) is 0 Å². The molecule has 3 N–H and O–H groups in total. The summed E-state index contributed by atoms with van der Waals surface area (Å²) in [5.41, 5.74) is 0.774. The maximum absolute atomic E-state index is 12.8. The zero-order valence-corrected chi connectivity index (χ0v) is 17.4. The van der Waals surface area contributed by atoms with Gasteiger partial charge >= 0.3 is 12.2 Å². The number of nitrogens with zero attached hydrogens (tertiary/aromatic N) is 1. The highest BCUT2D eigenvalue weighted by Gasteiger charge is 2.35. The number of rotatable bonds is 6. The Hall–Kier alpha value is -3.11. The number of nitrogens with one attached hydrogen (secondary N) is 2. The Labute approximate surface area is 183 Å². The Morgan fingerprint density at radius 2 is 1.84 bits per heavy atom. The van der Waals surface area contributed by atoms with Gasteiger partial charge in [0.1, 0.15) is 12.7 Å². The highest BCUT2D eigenvalue weighted by Crippen LogP contribution is 2.30. The van der Waals surface area contributed by atoms with E-state index in [1.807, 2.05) is 0 Å². The first-order chi connectivity index (χ1) is 15.2. The third kappa shape index (κ3) is 5.77. The van der Waals surface area contributed by atoms with Crippen molar-refractivity contribution in [1.82, 2.24) is 10.2 Å². The molecule has 2 atom stereocenters. The van der Waals surface area contributed by atoms with Gasteiger partial charge < -0.3 is 25.4 Å². The van der Waals surface area contributed by atoms with E-state index in [1.165, 1.54) is 17.0 Å². The second kappa shape index (κ2) is 10.0. The average molecular weight is 451 g/mol. The summed E-state index contributed by atoms with van der Waals surface area (Å²) in [6.45, 7) is 2.22. The van der Waals surface area contributed by atoms with Crippen LogP contribution < -0.4 is 10.6 Å². The van der Waals surface area contributed by atoms with Crippen LogP contribution in [0.5, 0.6) is 0 Å². The molecule has 0 unspecified atom stereocenters. The lowest BCUT2D eigenvalue weighted by Gasteiger charge is -2.38. The number of hydrogen-bond acceptors (Lipinski definition) is 4. The number of aliphatic hydroxyl groups is 1. The maximum atomic E-state index is 12.8. The van der Waals surface area contributed by atoms with Gasteiger partial charge in [-0.05, 0) is 42.3 Å². The van der Waals surface area contributed by atoms with Crippen molar-refractivity contribution in [2.75, 3.05) is 25.1 Å². The molecule has 0 spiro atoms. The third-order valence-electron chi connectivity index (χ3n) is 5.08. The number of carbonyl (C=O) groups is 2. The summed E-state index contributed by atoms with van der Waals surface area (Å²) in [5.74, 6) is -0.366. The molecule has 0 saturated carbocycles. The molecular formula is C22H24F3N3O4. The van der Waals surface area contributed by atoms with Crippen LogP contribution in [-0.4, -0.2) is 47.7 Å². The number of aliphatic hydroxyl groups excluding tert-OH is 1. The lowest BCUT2D eigenvalue weighted by molar-refractivity contribution is -0.155. The minimum absolute atomic E-state index is 0.0406. The largest absolute Gasteiger partial charge is 0.416 e. The number of urea groups is 1. The van der Waals surface area contributed by atoms with Crippen LogP contribution in [0.1, 0.15) is 29.7 Å². The maximum Gasteiger partial charge on any atom is 0.416 e. The van der Waals surface area contributed by atoms with E-state index < -0.39 is 23.9 Å². The van der Waals surface area contributed by atoms with Gasteiger partial charge in [0.05, 0.1) is 18.2 Å². The van der Waals surface area contributed by atoms with Crippen molar-refractivity contribution >= 4 is 17.6 Å². The number of ether oxygens (including phenoxy) is 1. The second-order valence-corrected chi connectivity index (χ2v) is 7.35. The molecule has 0 radical (unpaired) electrons. The van der Waals surface area contributed by atoms with Crippen LogP contribution in [0, 0.1) is 0 Å². The van der Waals surface area contributed by atoms with E-state index in [0.717, 1.165) is 12.1 Å². The first kappa shape index (κ1) is 23.6. The topological polar surface area (TPSA) is 90.9 Å². The quantitative estimate of drug-likeness (QED) is 0.629. The molecule has 0 aromatic heterocycles. The molecule has 1 fully saturated rings. The molecule has 2 aromatic carbocycles. The molecule has 10 heteroatoms. The van der Waals surface area contributed by atoms with E-state index in [0.29, 0.717) is 23.4 Å². The Morgan fingerprint density at radius 1 is 1.19 bits per heavy atom. The Kier molecular flexibility index (Phi) is 7.37. The summed E-state index contributed by atoms with van der Waals surface area (Å²) in [7, 11) is 0. The van der Waals surface area contributed by atoms with Crippen LogP contribution in [0.15, 0.2) is 48.5 Å². The van der Waals surface area contributed by atoms with E-state index in [9.17, 15) is 27.9 Å². The molecule has 172 valence electrons. The number of hydrogen-bond donors (Lipinski definition) is 3. The van der Waals surface area contributed by atoms with Crippen LogP contribution in [0.25, 0.3) is 0 Å². The van der Waals surface area contributed by atoms with Gasteiger partial charge in [-0.25, -0.2) is 4.79 Å². The minimum atomic E-state index is -4.44. The number of anilines is 1. The van der Waals surface area contributed by atoms with E-state index in [-0.39, 0.29) is 31.7 Å². The van der Waals surface area contributed by atoms with Crippen LogP contribution in [0.3, 0.4) is 0 Å². The van der Waals surface area contributed by atoms with Gasteiger partial charge in [-0.3, -0.25) is 4.79 Å². The SMILES string of the molecule is CCNC(=O)Nc1ccc([C@@H](O)[C@H]2COCC(=O)N2Cc2ccc(C(F)(F)F)cc2)cc1. The van der Waals surface area contributed by atoms with Crippen LogP contribution >= 0.6 is 0 Å². The Morgan fingerprint density at radius 3 is 2.44 bits per heavy atom. The predicted octanol–water partition coefficient (Wildman–Crippen LogP) is 3.31. The Bertz CT molecular complexity index is 933. The molecule has 7 nitrogen and oxygen atoms in total. The van der Waals surface area contributed by atoms with Crippen LogP contribution in [-0.2, 0) is 22.3 Å². The van der Waals surface area contributed by atoms with E-state index in [2.05, 4.69) is 10.6 Å². The smallest absolute Gasteiger partial charge is 0.386 e. The van der Waals surface area contributed by atoms with Crippen molar-refractivity contribution in [2.24, 2.45) is 0 Å². The molecule has 1 saturated heterocycles. The molecule has 1 aliphatic heterocycles. The van der Waals surface area contributed by atoms with Crippen molar-refractivity contribution in [1.29, 1.82) is 0 Å². The summed E-state index contributed by atoms with van der Waals surface area (Å²) in [6, 6.07) is 9.99. The van der Waals surface area contributed by atoms with Gasteiger partial charge in [0.2, 0.25) is 5.91 Å². The molecule has 1 heterocycles. The van der Waals surface area contributed by atoms with Crippen molar-refractivity contribution in [3.8, 4) is 0 Å². The summed E-state index contributed by atoms with van der Waals surface area (Å²) < 4.78 is 43.7. The molecule has 0 bridgehead atoms. The van der Waals surface area contributed by atoms with Gasteiger partial charge in [0.25, 0.3) is 0 Å². The van der Waals surface area contributed by atoms with Gasteiger partial charge in [-0.15, -0.1) is 0 Å². The average Bonchev–Trinajstić information content (AvgIpc) is 2.75. The monoisotopic (exact) mass is 451 g/mol. The molecule has 0 aliphatic carbocycles. The van der Waals surface area contributed by atoms with Crippen LogP contribution in [0.4, 0.5) is 23.7 Å². The second-order valence-electron chi connectivity index (χ2n) is 7.35.